The topological polar surface area (TPSA) is 75.9 Å². The van der Waals surface area contributed by atoms with Crippen LogP contribution >= 0.6 is 24.0 Å². The summed E-state index contributed by atoms with van der Waals surface area (Å²) in [5.74, 6) is 0.281. The van der Waals surface area contributed by atoms with Gasteiger partial charge in [0, 0.05) is 32.5 Å². The van der Waals surface area contributed by atoms with E-state index < -0.39 is 0 Å². The summed E-state index contributed by atoms with van der Waals surface area (Å²) in [6, 6.07) is 5.38. The van der Waals surface area contributed by atoms with E-state index in [-0.39, 0.29) is 17.5 Å². The average Bonchev–Trinajstić information content (AvgIpc) is 3.00. The van der Waals surface area contributed by atoms with Crippen molar-refractivity contribution in [1.29, 1.82) is 0 Å². The molecule has 0 radical (unpaired) electrons. The van der Waals surface area contributed by atoms with Gasteiger partial charge in [-0.2, -0.15) is 0 Å². The Hall–Kier alpha value is -2.23. The monoisotopic (exact) mass is 432 g/mol. The lowest BCUT2D eigenvalue weighted by Crippen LogP contribution is -2.36. The van der Waals surface area contributed by atoms with Crippen LogP contribution in [0.25, 0.3) is 11.7 Å². The molecular weight excluding hydrogens is 408 g/mol. The van der Waals surface area contributed by atoms with Crippen molar-refractivity contribution in [3.05, 3.63) is 45.2 Å². The average molecular weight is 433 g/mol. The molecule has 154 valence electrons. The van der Waals surface area contributed by atoms with E-state index in [0.717, 1.165) is 12.8 Å². The van der Waals surface area contributed by atoms with E-state index in [1.165, 1.54) is 16.2 Å². The third-order valence-electron chi connectivity index (χ3n) is 4.72. The first-order chi connectivity index (χ1) is 14.0. The number of pyridine rings is 1. The molecule has 3 rings (SSSR count). The quantitative estimate of drug-likeness (QED) is 0.390. The van der Waals surface area contributed by atoms with Crippen LogP contribution in [-0.2, 0) is 9.53 Å². The second kappa shape index (κ2) is 9.51. The van der Waals surface area contributed by atoms with Gasteiger partial charge in [-0.25, -0.2) is 4.98 Å². The van der Waals surface area contributed by atoms with Crippen molar-refractivity contribution in [2.45, 2.75) is 32.7 Å². The Labute approximate surface area is 179 Å². The first kappa shape index (κ1) is 21.5. The molecule has 1 saturated heterocycles. The van der Waals surface area contributed by atoms with Gasteiger partial charge in [0.05, 0.1) is 10.5 Å². The number of methoxy groups -OCH3 is 1. The zero-order chi connectivity index (χ0) is 21.0. The van der Waals surface area contributed by atoms with E-state index in [0.29, 0.717) is 39.4 Å². The zero-order valence-corrected chi connectivity index (χ0v) is 18.3. The minimum absolute atomic E-state index is 0.0101. The highest BCUT2D eigenvalue weighted by atomic mass is 32.2. The van der Waals surface area contributed by atoms with Crippen molar-refractivity contribution in [3.63, 3.8) is 0 Å². The summed E-state index contributed by atoms with van der Waals surface area (Å²) in [5.41, 5.74) is 0.644. The van der Waals surface area contributed by atoms with E-state index in [2.05, 4.69) is 10.3 Å². The molecule has 1 atom stereocenters. The predicted octanol–water partition coefficient (Wildman–Crippen LogP) is 3.14. The van der Waals surface area contributed by atoms with Crippen LogP contribution in [0.2, 0.25) is 0 Å². The molecule has 0 bridgehead atoms. The number of thioether (sulfide) groups is 1. The number of carbonyl (C=O) groups is 1. The Morgan fingerprint density at radius 1 is 1.38 bits per heavy atom. The molecule has 0 aromatic carbocycles. The Kier molecular flexibility index (Phi) is 7.05. The van der Waals surface area contributed by atoms with Crippen LogP contribution in [0.1, 0.15) is 32.3 Å². The van der Waals surface area contributed by atoms with Crippen molar-refractivity contribution in [2.24, 2.45) is 0 Å². The van der Waals surface area contributed by atoms with E-state index in [1.54, 1.807) is 36.4 Å². The number of anilines is 1. The lowest BCUT2D eigenvalue weighted by Gasteiger charge is -2.21. The lowest BCUT2D eigenvalue weighted by atomic mass is 10.2. The molecule has 1 N–H and O–H groups in total. The molecule has 1 aliphatic rings. The number of amides is 1. The highest BCUT2D eigenvalue weighted by molar-refractivity contribution is 8.26. The molecule has 0 spiro atoms. The Bertz CT molecular complexity index is 1020. The molecule has 9 heteroatoms. The Balaban J connectivity index is 2.04. The molecule has 1 fully saturated rings. The van der Waals surface area contributed by atoms with Gasteiger partial charge in [0.2, 0.25) is 0 Å². The van der Waals surface area contributed by atoms with Crippen LogP contribution in [-0.4, -0.2) is 50.8 Å². The summed E-state index contributed by atoms with van der Waals surface area (Å²) in [4.78, 5) is 32.7. The predicted molar refractivity (Wildman–Crippen MR) is 121 cm³/mol. The number of ether oxygens (including phenoxy) is 1. The molecule has 29 heavy (non-hydrogen) atoms. The second-order valence-corrected chi connectivity index (χ2v) is 8.37. The minimum atomic E-state index is -0.237. The van der Waals surface area contributed by atoms with Gasteiger partial charge in [0.1, 0.15) is 15.8 Å². The maximum atomic E-state index is 13.1. The smallest absolute Gasteiger partial charge is 0.267 e. The van der Waals surface area contributed by atoms with Gasteiger partial charge in [-0.15, -0.1) is 0 Å². The number of carbonyl (C=O) groups excluding carboxylic acids is 1. The Morgan fingerprint density at radius 2 is 2.17 bits per heavy atom. The molecular formula is C20H24N4O3S2. The maximum Gasteiger partial charge on any atom is 0.267 e. The summed E-state index contributed by atoms with van der Waals surface area (Å²) in [6.07, 6.45) is 4.84. The summed E-state index contributed by atoms with van der Waals surface area (Å²) in [6.45, 7) is 5.16. The number of aromatic nitrogens is 2. The van der Waals surface area contributed by atoms with Crippen molar-refractivity contribution in [2.75, 3.05) is 25.6 Å². The Morgan fingerprint density at radius 3 is 2.90 bits per heavy atom. The number of thiocarbonyl (C=S) groups is 1. The maximum absolute atomic E-state index is 13.1. The first-order valence-corrected chi connectivity index (χ1v) is 10.7. The van der Waals surface area contributed by atoms with Crippen molar-refractivity contribution >= 4 is 51.7 Å². The fraction of sp³-hybridized carbons (Fsp3) is 0.400. The molecule has 1 aliphatic heterocycles. The van der Waals surface area contributed by atoms with Crippen molar-refractivity contribution in [1.82, 2.24) is 14.3 Å². The van der Waals surface area contributed by atoms with Crippen molar-refractivity contribution in [3.8, 4) is 0 Å². The van der Waals surface area contributed by atoms with Gasteiger partial charge >= 0.3 is 0 Å². The second-order valence-electron chi connectivity index (χ2n) is 6.69. The fourth-order valence-corrected chi connectivity index (χ4v) is 4.41. The van der Waals surface area contributed by atoms with Gasteiger partial charge in [-0.3, -0.25) is 18.9 Å². The summed E-state index contributed by atoms with van der Waals surface area (Å²) in [5, 5.41) is 3.21. The normalized spacial score (nSPS) is 16.8. The minimum Gasteiger partial charge on any atom is -0.385 e. The molecule has 2 aromatic rings. The highest BCUT2D eigenvalue weighted by Gasteiger charge is 2.35. The molecule has 2 aromatic heterocycles. The number of hydrogen-bond donors (Lipinski definition) is 1. The molecule has 0 saturated carbocycles. The molecule has 0 aliphatic carbocycles. The van der Waals surface area contributed by atoms with Crippen LogP contribution in [0, 0.1) is 0 Å². The summed E-state index contributed by atoms with van der Waals surface area (Å²) >= 11 is 6.61. The number of fused-ring (bicyclic) bond motifs is 1. The number of rotatable bonds is 8. The van der Waals surface area contributed by atoms with Crippen LogP contribution < -0.4 is 10.9 Å². The molecule has 1 amide bonds. The molecule has 7 nitrogen and oxygen atoms in total. The number of nitrogens with one attached hydrogen (secondary N) is 1. The summed E-state index contributed by atoms with van der Waals surface area (Å²) < 4.78 is 7.06. The van der Waals surface area contributed by atoms with Crippen LogP contribution in [0.15, 0.2) is 34.1 Å². The van der Waals surface area contributed by atoms with Gasteiger partial charge in [0.15, 0.2) is 0 Å². The zero-order valence-electron chi connectivity index (χ0n) is 16.7. The standard InChI is InChI=1S/C20H24N4O3S2/c1-4-13(2)24-19(26)15(29-20(24)28)12-14-17(21-9-7-11-27-3)22-16-8-5-6-10-23(16)18(14)25/h5-6,8,10,12-13,21H,4,7,9,11H2,1-3H3. The SMILES string of the molecule is CCC(C)N1C(=O)C(=Cc2c(NCCCOC)nc3ccccn3c2=O)SC1=S. The lowest BCUT2D eigenvalue weighted by molar-refractivity contribution is -0.123. The van der Waals surface area contributed by atoms with E-state index in [9.17, 15) is 9.59 Å². The molecule has 1 unspecified atom stereocenters. The number of nitrogens with zero attached hydrogens (tertiary/aromatic N) is 3. The third-order valence-corrected chi connectivity index (χ3v) is 6.05. The van der Waals surface area contributed by atoms with E-state index >= 15 is 0 Å². The number of hydrogen-bond acceptors (Lipinski definition) is 7. The van der Waals surface area contributed by atoms with Crippen LogP contribution in [0.3, 0.4) is 0 Å². The van der Waals surface area contributed by atoms with Gasteiger partial charge in [0.25, 0.3) is 11.5 Å². The largest absolute Gasteiger partial charge is 0.385 e. The first-order valence-electron chi connectivity index (χ1n) is 9.49. The van der Waals surface area contributed by atoms with Crippen molar-refractivity contribution < 1.29 is 9.53 Å². The van der Waals surface area contributed by atoms with E-state index in [1.807, 2.05) is 19.9 Å². The van der Waals surface area contributed by atoms with Crippen LogP contribution in [0.4, 0.5) is 5.82 Å². The van der Waals surface area contributed by atoms with Gasteiger partial charge in [-0.1, -0.05) is 37.0 Å². The van der Waals surface area contributed by atoms with E-state index in [4.69, 9.17) is 17.0 Å². The summed E-state index contributed by atoms with van der Waals surface area (Å²) in [7, 11) is 1.64. The van der Waals surface area contributed by atoms with Gasteiger partial charge < -0.3 is 10.1 Å². The van der Waals surface area contributed by atoms with Crippen LogP contribution in [0.5, 0.6) is 0 Å². The van der Waals surface area contributed by atoms with Gasteiger partial charge in [-0.05, 0) is 38.0 Å². The third kappa shape index (κ3) is 4.52. The molecule has 3 heterocycles. The fourth-order valence-electron chi connectivity index (χ4n) is 2.96. The highest BCUT2D eigenvalue weighted by Crippen LogP contribution is 2.34.